The Bertz CT molecular complexity index is 913. The van der Waals surface area contributed by atoms with E-state index in [-0.39, 0.29) is 6.04 Å². The summed E-state index contributed by atoms with van der Waals surface area (Å²) in [6, 6.07) is 29.0. The summed E-state index contributed by atoms with van der Waals surface area (Å²) in [4.78, 5) is 4.94. The Balaban J connectivity index is 1.77. The summed E-state index contributed by atoms with van der Waals surface area (Å²) in [6.07, 6.45) is 2.19. The molecule has 1 atom stereocenters. The van der Waals surface area contributed by atoms with Crippen molar-refractivity contribution in [2.75, 3.05) is 0 Å². The van der Waals surface area contributed by atoms with Gasteiger partial charge in [0.1, 0.15) is 5.84 Å². The predicted molar refractivity (Wildman–Crippen MR) is 107 cm³/mol. The number of hydrogen-bond acceptors (Lipinski definition) is 2. The van der Waals surface area contributed by atoms with Crippen molar-refractivity contribution >= 4 is 27.5 Å². The molecule has 3 aromatic carbocycles. The van der Waals surface area contributed by atoms with E-state index in [2.05, 4.69) is 88.0 Å². The lowest BCUT2D eigenvalue weighted by molar-refractivity contribution is 0.880. The van der Waals surface area contributed by atoms with Gasteiger partial charge in [0.05, 0.1) is 6.04 Å². The minimum atomic E-state index is -0.00342. The molecule has 3 aromatic rings. The van der Waals surface area contributed by atoms with E-state index in [0.717, 1.165) is 27.1 Å². The second-order valence-corrected chi connectivity index (χ2v) is 6.83. The minimum absolute atomic E-state index is 0.00342. The molecule has 1 N–H and O–H groups in total. The average molecular weight is 389 g/mol. The molecule has 3 heteroatoms. The molecule has 0 amide bonds. The van der Waals surface area contributed by atoms with Gasteiger partial charge in [0.15, 0.2) is 0 Å². The molecule has 0 bridgehead atoms. The van der Waals surface area contributed by atoms with Crippen molar-refractivity contribution in [1.29, 1.82) is 0 Å². The Labute approximate surface area is 156 Å². The standard InChI is InChI=1S/C22H17BrN2/c23-19-13-11-17(12-14-19)21-15-20(16-7-3-1-4-8-16)24-22(25-21)18-9-5-2-6-10-18/h1-15,20H,(H,24,25). The fourth-order valence-corrected chi connectivity index (χ4v) is 3.16. The fourth-order valence-electron chi connectivity index (χ4n) is 2.90. The quantitative estimate of drug-likeness (QED) is 0.621. The second kappa shape index (κ2) is 7.08. The number of benzene rings is 3. The van der Waals surface area contributed by atoms with Crippen molar-refractivity contribution in [2.24, 2.45) is 4.99 Å². The number of rotatable bonds is 3. The van der Waals surface area contributed by atoms with Crippen LogP contribution in [0.15, 0.2) is 100 Å². The van der Waals surface area contributed by atoms with Crippen LogP contribution in [0.1, 0.15) is 22.7 Å². The van der Waals surface area contributed by atoms with Gasteiger partial charge in [-0.05, 0) is 29.3 Å². The van der Waals surface area contributed by atoms with Crippen LogP contribution in [0.3, 0.4) is 0 Å². The van der Waals surface area contributed by atoms with Crippen LogP contribution in [0.4, 0.5) is 0 Å². The molecule has 1 unspecified atom stereocenters. The molecule has 25 heavy (non-hydrogen) atoms. The SMILES string of the molecule is Brc1ccc(C2=CC(c3ccccc3)N=C(c3ccccc3)N2)cc1. The third-order valence-corrected chi connectivity index (χ3v) is 4.72. The van der Waals surface area contributed by atoms with Crippen molar-refractivity contribution < 1.29 is 0 Å². The number of nitrogens with one attached hydrogen (secondary N) is 1. The molecule has 0 aliphatic carbocycles. The van der Waals surface area contributed by atoms with Crippen LogP contribution in [0, 0.1) is 0 Å². The van der Waals surface area contributed by atoms with Crippen molar-refractivity contribution in [2.45, 2.75) is 6.04 Å². The maximum Gasteiger partial charge on any atom is 0.133 e. The van der Waals surface area contributed by atoms with Gasteiger partial charge >= 0.3 is 0 Å². The number of amidine groups is 1. The summed E-state index contributed by atoms with van der Waals surface area (Å²) in [6.45, 7) is 0. The molecule has 0 spiro atoms. The molecule has 2 nitrogen and oxygen atoms in total. The van der Waals surface area contributed by atoms with E-state index in [1.54, 1.807) is 0 Å². The molecule has 0 saturated heterocycles. The van der Waals surface area contributed by atoms with Gasteiger partial charge in [-0.25, -0.2) is 0 Å². The van der Waals surface area contributed by atoms with Gasteiger partial charge in [0.2, 0.25) is 0 Å². The second-order valence-electron chi connectivity index (χ2n) is 5.91. The van der Waals surface area contributed by atoms with Gasteiger partial charge in [0, 0.05) is 15.7 Å². The highest BCUT2D eigenvalue weighted by atomic mass is 79.9. The topological polar surface area (TPSA) is 24.4 Å². The molecule has 1 heterocycles. The van der Waals surface area contributed by atoms with Crippen LogP contribution in [0.5, 0.6) is 0 Å². The van der Waals surface area contributed by atoms with Crippen molar-refractivity contribution in [1.82, 2.24) is 5.32 Å². The van der Waals surface area contributed by atoms with E-state index in [9.17, 15) is 0 Å². The van der Waals surface area contributed by atoms with Gasteiger partial charge in [-0.3, -0.25) is 4.99 Å². The lowest BCUT2D eigenvalue weighted by Crippen LogP contribution is -2.27. The van der Waals surface area contributed by atoms with E-state index in [4.69, 9.17) is 4.99 Å². The van der Waals surface area contributed by atoms with Crippen molar-refractivity contribution in [3.8, 4) is 0 Å². The first kappa shape index (κ1) is 15.9. The zero-order valence-electron chi connectivity index (χ0n) is 13.6. The van der Waals surface area contributed by atoms with E-state index in [1.165, 1.54) is 5.56 Å². The van der Waals surface area contributed by atoms with Gasteiger partial charge in [-0.15, -0.1) is 0 Å². The molecule has 0 aromatic heterocycles. The molecule has 1 aliphatic rings. The smallest absolute Gasteiger partial charge is 0.133 e. The van der Waals surface area contributed by atoms with Gasteiger partial charge in [-0.1, -0.05) is 88.7 Å². The van der Waals surface area contributed by atoms with E-state index in [0.29, 0.717) is 0 Å². The molecular formula is C22H17BrN2. The Morgan fingerprint density at radius 3 is 2.04 bits per heavy atom. The Kier molecular flexibility index (Phi) is 4.49. The molecule has 4 rings (SSSR count). The molecular weight excluding hydrogens is 372 g/mol. The first-order valence-corrected chi connectivity index (χ1v) is 9.02. The summed E-state index contributed by atoms with van der Waals surface area (Å²) in [5.74, 6) is 0.898. The third-order valence-electron chi connectivity index (χ3n) is 4.19. The monoisotopic (exact) mass is 388 g/mol. The lowest BCUT2D eigenvalue weighted by atomic mass is 10.0. The number of halogens is 1. The van der Waals surface area contributed by atoms with Gasteiger partial charge in [-0.2, -0.15) is 0 Å². The molecule has 1 aliphatic heterocycles. The van der Waals surface area contributed by atoms with Crippen LogP contribution in [-0.4, -0.2) is 5.84 Å². The number of nitrogens with zero attached hydrogens (tertiary/aromatic N) is 1. The Hall–Kier alpha value is -2.65. The van der Waals surface area contributed by atoms with E-state index < -0.39 is 0 Å². The normalized spacial score (nSPS) is 16.6. The van der Waals surface area contributed by atoms with E-state index >= 15 is 0 Å². The van der Waals surface area contributed by atoms with Gasteiger partial charge < -0.3 is 5.32 Å². The van der Waals surface area contributed by atoms with Crippen LogP contribution in [-0.2, 0) is 0 Å². The highest BCUT2D eigenvalue weighted by molar-refractivity contribution is 9.10. The molecule has 122 valence electrons. The minimum Gasteiger partial charge on any atom is -0.340 e. The number of hydrogen-bond donors (Lipinski definition) is 1. The molecule has 0 radical (unpaired) electrons. The third kappa shape index (κ3) is 3.57. The fraction of sp³-hybridized carbons (Fsp3) is 0.0455. The summed E-state index contributed by atoms with van der Waals surface area (Å²) in [5, 5.41) is 3.50. The summed E-state index contributed by atoms with van der Waals surface area (Å²) < 4.78 is 1.07. The van der Waals surface area contributed by atoms with Crippen LogP contribution < -0.4 is 5.32 Å². The first-order chi connectivity index (χ1) is 12.3. The maximum atomic E-state index is 4.94. The summed E-state index contributed by atoms with van der Waals surface area (Å²) >= 11 is 3.50. The molecule has 0 saturated carbocycles. The van der Waals surface area contributed by atoms with E-state index in [1.807, 2.05) is 24.3 Å². The first-order valence-electron chi connectivity index (χ1n) is 8.22. The largest absolute Gasteiger partial charge is 0.340 e. The Morgan fingerprint density at radius 1 is 0.720 bits per heavy atom. The van der Waals surface area contributed by atoms with Crippen LogP contribution >= 0.6 is 15.9 Å². The Morgan fingerprint density at radius 2 is 1.36 bits per heavy atom. The highest BCUT2D eigenvalue weighted by Crippen LogP contribution is 2.28. The number of aliphatic imine (C=N–C) groups is 1. The molecule has 0 fully saturated rings. The zero-order chi connectivity index (χ0) is 17.1. The zero-order valence-corrected chi connectivity index (χ0v) is 15.1. The van der Waals surface area contributed by atoms with Crippen molar-refractivity contribution in [3.05, 3.63) is 112 Å². The van der Waals surface area contributed by atoms with Crippen LogP contribution in [0.2, 0.25) is 0 Å². The van der Waals surface area contributed by atoms with Crippen molar-refractivity contribution in [3.63, 3.8) is 0 Å². The van der Waals surface area contributed by atoms with Gasteiger partial charge in [0.25, 0.3) is 0 Å². The highest BCUT2D eigenvalue weighted by Gasteiger charge is 2.18. The maximum absolute atomic E-state index is 4.94. The summed E-state index contributed by atoms with van der Waals surface area (Å²) in [5.41, 5.74) is 4.50. The average Bonchev–Trinajstić information content (AvgIpc) is 2.69. The lowest BCUT2D eigenvalue weighted by Gasteiger charge is -2.23. The summed E-state index contributed by atoms with van der Waals surface area (Å²) in [7, 11) is 0. The predicted octanol–water partition coefficient (Wildman–Crippen LogP) is 5.58. The van der Waals surface area contributed by atoms with Crippen LogP contribution in [0.25, 0.3) is 5.70 Å².